The zero-order valence-corrected chi connectivity index (χ0v) is 16.7. The van der Waals surface area contributed by atoms with Crippen LogP contribution >= 0.6 is 11.3 Å². The van der Waals surface area contributed by atoms with Crippen LogP contribution in [0.25, 0.3) is 5.69 Å². The van der Waals surface area contributed by atoms with Crippen molar-refractivity contribution in [2.75, 3.05) is 7.11 Å². The highest BCUT2D eigenvalue weighted by Crippen LogP contribution is 2.33. The Morgan fingerprint density at radius 1 is 1.41 bits per heavy atom. The van der Waals surface area contributed by atoms with Gasteiger partial charge in [0.1, 0.15) is 12.4 Å². The van der Waals surface area contributed by atoms with Gasteiger partial charge in [0.15, 0.2) is 10.8 Å². The molecule has 1 amide bonds. The van der Waals surface area contributed by atoms with Crippen LogP contribution < -0.4 is 5.32 Å². The molecule has 2 N–H and O–H groups in total. The number of methoxy groups -OCH3 is 1. The first-order valence-corrected chi connectivity index (χ1v) is 10.3. The van der Waals surface area contributed by atoms with Gasteiger partial charge < -0.3 is 15.2 Å². The van der Waals surface area contributed by atoms with Crippen molar-refractivity contribution in [1.82, 2.24) is 30.0 Å². The van der Waals surface area contributed by atoms with Crippen LogP contribution in [0.4, 0.5) is 0 Å². The molecule has 1 aliphatic rings. The molecule has 0 spiro atoms. The van der Waals surface area contributed by atoms with Crippen molar-refractivity contribution >= 4 is 17.2 Å². The molecule has 9 nitrogen and oxygen atoms in total. The van der Waals surface area contributed by atoms with Crippen molar-refractivity contribution in [3.63, 3.8) is 0 Å². The summed E-state index contributed by atoms with van der Waals surface area (Å²) in [7, 11) is 1.60. The normalized spacial score (nSPS) is 21.8. The summed E-state index contributed by atoms with van der Waals surface area (Å²) in [6.45, 7) is 0.305. The minimum atomic E-state index is -0.608. The SMILES string of the molecule is COCc1nc([C@H]2CC[C@@H](O)[C@H](NC(=O)c3nccs3)C2)n(-c2cccnc2)n1. The summed E-state index contributed by atoms with van der Waals surface area (Å²) in [5.74, 6) is 1.13. The number of hydrogen-bond donors (Lipinski definition) is 2. The van der Waals surface area contributed by atoms with Crippen LogP contribution in [0.5, 0.6) is 0 Å². The van der Waals surface area contributed by atoms with E-state index in [1.807, 2.05) is 12.1 Å². The number of thiazole rings is 1. The van der Waals surface area contributed by atoms with Gasteiger partial charge in [-0.1, -0.05) is 0 Å². The number of pyridine rings is 1. The zero-order valence-electron chi connectivity index (χ0n) is 15.9. The Bertz CT molecular complexity index is 946. The number of ether oxygens (including phenoxy) is 1. The molecule has 1 saturated carbocycles. The van der Waals surface area contributed by atoms with Crippen molar-refractivity contribution < 1.29 is 14.6 Å². The van der Waals surface area contributed by atoms with Crippen molar-refractivity contribution in [3.8, 4) is 5.69 Å². The van der Waals surface area contributed by atoms with Crippen molar-refractivity contribution in [1.29, 1.82) is 0 Å². The third-order valence-corrected chi connectivity index (χ3v) is 5.73. The molecule has 0 radical (unpaired) electrons. The van der Waals surface area contributed by atoms with Gasteiger partial charge in [-0.2, -0.15) is 0 Å². The lowest BCUT2D eigenvalue weighted by Gasteiger charge is -2.33. The van der Waals surface area contributed by atoms with E-state index in [1.165, 1.54) is 11.3 Å². The third kappa shape index (κ3) is 4.34. The summed E-state index contributed by atoms with van der Waals surface area (Å²) in [6.07, 6.45) is 6.29. The van der Waals surface area contributed by atoms with Gasteiger partial charge in [-0.3, -0.25) is 9.78 Å². The summed E-state index contributed by atoms with van der Waals surface area (Å²) in [4.78, 5) is 25.3. The number of rotatable bonds is 6. The first-order chi connectivity index (χ1) is 14.2. The van der Waals surface area contributed by atoms with Crippen LogP contribution in [0.1, 0.15) is 46.6 Å². The van der Waals surface area contributed by atoms with E-state index in [2.05, 4.69) is 25.4 Å². The number of aliphatic hydroxyl groups excluding tert-OH is 1. The van der Waals surface area contributed by atoms with Crippen LogP contribution in [0.3, 0.4) is 0 Å². The Morgan fingerprint density at radius 2 is 2.31 bits per heavy atom. The number of aliphatic hydroxyl groups is 1. The Labute approximate surface area is 171 Å². The smallest absolute Gasteiger partial charge is 0.280 e. The molecular weight excluding hydrogens is 392 g/mol. The Kier molecular flexibility index (Phi) is 5.93. The fourth-order valence-electron chi connectivity index (χ4n) is 3.60. The molecule has 3 atom stereocenters. The van der Waals surface area contributed by atoms with Gasteiger partial charge in [0.25, 0.3) is 5.91 Å². The molecule has 1 aliphatic carbocycles. The van der Waals surface area contributed by atoms with Gasteiger partial charge in [-0.15, -0.1) is 16.4 Å². The molecule has 29 heavy (non-hydrogen) atoms. The quantitative estimate of drug-likeness (QED) is 0.631. The number of carbonyl (C=O) groups excluding carboxylic acids is 1. The number of nitrogens with zero attached hydrogens (tertiary/aromatic N) is 5. The van der Waals surface area contributed by atoms with E-state index in [-0.39, 0.29) is 17.9 Å². The van der Waals surface area contributed by atoms with Gasteiger partial charge in [-0.25, -0.2) is 14.6 Å². The Morgan fingerprint density at radius 3 is 3.03 bits per heavy atom. The van der Waals surface area contributed by atoms with E-state index in [0.29, 0.717) is 30.3 Å². The molecule has 3 aromatic heterocycles. The lowest BCUT2D eigenvalue weighted by molar-refractivity contribution is 0.0670. The predicted molar refractivity (Wildman–Crippen MR) is 106 cm³/mol. The maximum Gasteiger partial charge on any atom is 0.280 e. The van der Waals surface area contributed by atoms with E-state index >= 15 is 0 Å². The lowest BCUT2D eigenvalue weighted by atomic mass is 9.83. The molecule has 3 aromatic rings. The molecular formula is C19H22N6O3S. The number of hydrogen-bond acceptors (Lipinski definition) is 8. The summed E-state index contributed by atoms with van der Waals surface area (Å²) in [5.41, 5.74) is 0.812. The van der Waals surface area contributed by atoms with Crippen LogP contribution in [-0.4, -0.2) is 55.0 Å². The highest BCUT2D eigenvalue weighted by Gasteiger charge is 2.34. The molecule has 0 aliphatic heterocycles. The summed E-state index contributed by atoms with van der Waals surface area (Å²) >= 11 is 1.27. The molecule has 1 fully saturated rings. The largest absolute Gasteiger partial charge is 0.391 e. The second-order valence-corrected chi connectivity index (χ2v) is 7.83. The van der Waals surface area contributed by atoms with Crippen molar-refractivity contribution in [2.45, 2.75) is 43.9 Å². The Balaban J connectivity index is 1.58. The predicted octanol–water partition coefficient (Wildman–Crippen LogP) is 1.69. The molecule has 152 valence electrons. The molecule has 4 rings (SSSR count). The van der Waals surface area contributed by atoms with Gasteiger partial charge in [0.2, 0.25) is 0 Å². The monoisotopic (exact) mass is 414 g/mol. The Hall–Kier alpha value is -2.69. The van der Waals surface area contributed by atoms with Gasteiger partial charge in [0.05, 0.1) is 24.0 Å². The van der Waals surface area contributed by atoms with E-state index in [0.717, 1.165) is 17.9 Å². The molecule has 0 bridgehead atoms. The van der Waals surface area contributed by atoms with Gasteiger partial charge in [0, 0.05) is 30.8 Å². The van der Waals surface area contributed by atoms with Crippen LogP contribution in [0, 0.1) is 0 Å². The maximum atomic E-state index is 12.4. The van der Waals surface area contributed by atoms with Crippen LogP contribution in [-0.2, 0) is 11.3 Å². The van der Waals surface area contributed by atoms with Gasteiger partial charge >= 0.3 is 0 Å². The number of aromatic nitrogens is 5. The fourth-order valence-corrected chi connectivity index (χ4v) is 4.14. The molecule has 0 saturated heterocycles. The fraction of sp³-hybridized carbons (Fsp3) is 0.421. The average molecular weight is 414 g/mol. The van der Waals surface area contributed by atoms with Crippen LogP contribution in [0.2, 0.25) is 0 Å². The molecule has 3 heterocycles. The number of carbonyl (C=O) groups is 1. The number of amides is 1. The second-order valence-electron chi connectivity index (χ2n) is 6.94. The van der Waals surface area contributed by atoms with E-state index in [9.17, 15) is 9.90 Å². The topological polar surface area (TPSA) is 115 Å². The third-order valence-electron chi connectivity index (χ3n) is 4.96. The highest BCUT2D eigenvalue weighted by molar-refractivity contribution is 7.11. The highest BCUT2D eigenvalue weighted by atomic mass is 32.1. The van der Waals surface area contributed by atoms with E-state index < -0.39 is 6.10 Å². The minimum Gasteiger partial charge on any atom is -0.391 e. The van der Waals surface area contributed by atoms with Crippen LogP contribution in [0.15, 0.2) is 36.1 Å². The standard InChI is InChI=1S/C19H22N6O3S/c1-28-11-16-23-17(25(24-16)13-3-2-6-20-10-13)12-4-5-15(26)14(9-12)22-18(27)19-21-7-8-29-19/h2-3,6-8,10,12,14-15,26H,4-5,9,11H2,1H3,(H,22,27)/t12-,14+,15+/m0/s1. The van der Waals surface area contributed by atoms with Crippen molar-refractivity contribution in [2.24, 2.45) is 0 Å². The lowest BCUT2D eigenvalue weighted by Crippen LogP contribution is -2.47. The van der Waals surface area contributed by atoms with Gasteiger partial charge in [-0.05, 0) is 31.4 Å². The van der Waals surface area contributed by atoms with Crippen molar-refractivity contribution in [3.05, 3.63) is 52.8 Å². The maximum absolute atomic E-state index is 12.4. The first kappa shape index (κ1) is 19.6. The summed E-state index contributed by atoms with van der Waals surface area (Å²) in [5, 5.41) is 20.1. The minimum absolute atomic E-state index is 0.0262. The average Bonchev–Trinajstić information content (AvgIpc) is 3.41. The summed E-state index contributed by atoms with van der Waals surface area (Å²) < 4.78 is 6.98. The second kappa shape index (κ2) is 8.76. The molecule has 10 heteroatoms. The zero-order chi connectivity index (χ0) is 20.2. The molecule has 0 aromatic carbocycles. The number of nitrogens with one attached hydrogen (secondary N) is 1. The molecule has 0 unspecified atom stereocenters. The van der Waals surface area contributed by atoms with E-state index in [1.54, 1.807) is 35.8 Å². The summed E-state index contributed by atoms with van der Waals surface area (Å²) in [6, 6.07) is 3.38. The van der Waals surface area contributed by atoms with E-state index in [4.69, 9.17) is 4.74 Å². The first-order valence-electron chi connectivity index (χ1n) is 9.39.